The van der Waals surface area contributed by atoms with Crippen molar-refractivity contribution < 1.29 is 10.2 Å². The molecule has 2 fully saturated rings. The first-order valence-corrected chi connectivity index (χ1v) is 12.3. The quantitative estimate of drug-likeness (QED) is 0.528. The third-order valence-corrected chi connectivity index (χ3v) is 8.82. The van der Waals surface area contributed by atoms with Gasteiger partial charge in [-0.1, -0.05) is 76.2 Å². The van der Waals surface area contributed by atoms with Crippen LogP contribution in [0, 0.1) is 57.7 Å². The number of aliphatic hydroxyl groups is 2. The Morgan fingerprint density at radius 1 is 0.586 bits per heavy atom. The van der Waals surface area contributed by atoms with Gasteiger partial charge in [0, 0.05) is 0 Å². The Bertz CT molecular complexity index is 490. The summed E-state index contributed by atoms with van der Waals surface area (Å²) in [6.45, 7) is 25.9. The van der Waals surface area contributed by atoms with E-state index in [0.717, 1.165) is 25.7 Å². The molecule has 172 valence electrons. The van der Waals surface area contributed by atoms with Crippen LogP contribution in [0.1, 0.15) is 102 Å². The van der Waals surface area contributed by atoms with E-state index < -0.39 is 0 Å². The van der Waals surface area contributed by atoms with E-state index in [2.05, 4.69) is 76.2 Å². The second-order valence-corrected chi connectivity index (χ2v) is 14.2. The molecule has 0 radical (unpaired) electrons. The maximum Gasteiger partial charge on any atom is 0.0576 e. The van der Waals surface area contributed by atoms with Crippen LogP contribution < -0.4 is 0 Å². The highest BCUT2D eigenvalue weighted by atomic mass is 16.3. The smallest absolute Gasteiger partial charge is 0.0576 e. The Morgan fingerprint density at radius 2 is 0.897 bits per heavy atom. The highest BCUT2D eigenvalue weighted by molar-refractivity contribution is 5.00. The standard InChI is InChI=1S/C27H52O2/c1-16-12-22(28)20(25(3,4)5)14-18(16)24(27(9,10)11)19-15-21(26(6,7)8)23(29)13-17(19)2/h16-24,28-29H,12-15H2,1-11H3. The molecule has 2 aliphatic rings. The lowest BCUT2D eigenvalue weighted by molar-refractivity contribution is -0.104. The van der Waals surface area contributed by atoms with Crippen LogP contribution in [0.25, 0.3) is 0 Å². The highest BCUT2D eigenvalue weighted by Gasteiger charge is 2.51. The second kappa shape index (κ2) is 8.45. The van der Waals surface area contributed by atoms with Gasteiger partial charge in [0.2, 0.25) is 0 Å². The summed E-state index contributed by atoms with van der Waals surface area (Å²) in [6.07, 6.45) is 3.81. The van der Waals surface area contributed by atoms with E-state index in [0.29, 0.717) is 41.4 Å². The number of hydrogen-bond donors (Lipinski definition) is 2. The van der Waals surface area contributed by atoms with E-state index in [1.807, 2.05) is 0 Å². The maximum atomic E-state index is 10.9. The summed E-state index contributed by atoms with van der Waals surface area (Å²) in [7, 11) is 0. The van der Waals surface area contributed by atoms with Crippen LogP contribution in [0.4, 0.5) is 0 Å². The Kier molecular flexibility index (Phi) is 7.34. The van der Waals surface area contributed by atoms with Crippen molar-refractivity contribution in [2.45, 2.75) is 114 Å². The molecule has 0 heterocycles. The lowest BCUT2D eigenvalue weighted by atomic mass is 9.51. The predicted molar refractivity (Wildman–Crippen MR) is 125 cm³/mol. The number of hydrogen-bond acceptors (Lipinski definition) is 2. The molecule has 2 heteroatoms. The largest absolute Gasteiger partial charge is 0.393 e. The molecule has 0 aromatic rings. The molecule has 0 aromatic carbocycles. The molecule has 2 rings (SSSR count). The fourth-order valence-electron chi connectivity index (χ4n) is 7.27. The predicted octanol–water partition coefficient (Wildman–Crippen LogP) is 6.79. The molecule has 0 bridgehead atoms. The Morgan fingerprint density at radius 3 is 1.14 bits per heavy atom. The van der Waals surface area contributed by atoms with Crippen LogP contribution in [-0.2, 0) is 0 Å². The zero-order chi connectivity index (χ0) is 22.5. The molecule has 8 unspecified atom stereocenters. The summed E-state index contributed by atoms with van der Waals surface area (Å²) in [5.41, 5.74) is 0.512. The minimum absolute atomic E-state index is 0.141. The van der Waals surface area contributed by atoms with E-state index in [-0.39, 0.29) is 28.5 Å². The van der Waals surface area contributed by atoms with Gasteiger partial charge in [0.15, 0.2) is 0 Å². The second-order valence-electron chi connectivity index (χ2n) is 14.2. The van der Waals surface area contributed by atoms with Crippen LogP contribution in [0.3, 0.4) is 0 Å². The molecule has 8 atom stereocenters. The summed E-state index contributed by atoms with van der Waals surface area (Å²) < 4.78 is 0. The van der Waals surface area contributed by atoms with E-state index in [4.69, 9.17) is 0 Å². The first-order valence-electron chi connectivity index (χ1n) is 12.3. The Labute approximate surface area is 182 Å². The summed E-state index contributed by atoms with van der Waals surface area (Å²) in [6, 6.07) is 0. The van der Waals surface area contributed by atoms with Gasteiger partial charge in [-0.05, 0) is 83.4 Å². The van der Waals surface area contributed by atoms with Crippen molar-refractivity contribution >= 4 is 0 Å². The summed E-state index contributed by atoms with van der Waals surface area (Å²) >= 11 is 0. The van der Waals surface area contributed by atoms with Crippen molar-refractivity contribution in [3.05, 3.63) is 0 Å². The van der Waals surface area contributed by atoms with Crippen LogP contribution in [0.15, 0.2) is 0 Å². The summed E-state index contributed by atoms with van der Waals surface area (Å²) in [4.78, 5) is 0. The summed E-state index contributed by atoms with van der Waals surface area (Å²) in [5.74, 6) is 3.77. The molecule has 0 spiro atoms. The average Bonchev–Trinajstić information content (AvgIpc) is 2.47. The molecule has 2 aliphatic carbocycles. The van der Waals surface area contributed by atoms with Gasteiger partial charge < -0.3 is 10.2 Å². The van der Waals surface area contributed by atoms with Crippen molar-refractivity contribution in [1.29, 1.82) is 0 Å². The van der Waals surface area contributed by atoms with Gasteiger partial charge in [0.1, 0.15) is 0 Å². The topological polar surface area (TPSA) is 40.5 Å². The van der Waals surface area contributed by atoms with E-state index in [1.165, 1.54) is 0 Å². The number of aliphatic hydroxyl groups excluding tert-OH is 2. The monoisotopic (exact) mass is 408 g/mol. The SMILES string of the molecule is CC1CC(O)C(C(C)(C)C)CC1C(C1CC(C(C)(C)C)C(O)CC1C)C(C)(C)C. The van der Waals surface area contributed by atoms with Crippen molar-refractivity contribution in [3.8, 4) is 0 Å². The van der Waals surface area contributed by atoms with Crippen LogP contribution in [0.2, 0.25) is 0 Å². The minimum atomic E-state index is -0.171. The molecule has 0 amide bonds. The zero-order valence-electron chi connectivity index (χ0n) is 21.4. The molecule has 2 saturated carbocycles. The van der Waals surface area contributed by atoms with Gasteiger partial charge in [0.05, 0.1) is 12.2 Å². The number of rotatable bonds is 2. The molecule has 0 saturated heterocycles. The molecular weight excluding hydrogens is 356 g/mol. The van der Waals surface area contributed by atoms with E-state index in [9.17, 15) is 10.2 Å². The van der Waals surface area contributed by atoms with Crippen molar-refractivity contribution in [3.63, 3.8) is 0 Å². The van der Waals surface area contributed by atoms with Crippen molar-refractivity contribution in [2.24, 2.45) is 57.7 Å². The van der Waals surface area contributed by atoms with Gasteiger partial charge >= 0.3 is 0 Å². The van der Waals surface area contributed by atoms with Gasteiger partial charge in [-0.25, -0.2) is 0 Å². The van der Waals surface area contributed by atoms with Crippen LogP contribution in [-0.4, -0.2) is 22.4 Å². The third-order valence-electron chi connectivity index (χ3n) is 8.82. The lowest BCUT2D eigenvalue weighted by Crippen LogP contribution is -2.51. The normalized spacial score (nSPS) is 41.3. The third kappa shape index (κ3) is 5.59. The lowest BCUT2D eigenvalue weighted by Gasteiger charge is -2.55. The van der Waals surface area contributed by atoms with Gasteiger partial charge in [-0.2, -0.15) is 0 Å². The molecule has 2 nitrogen and oxygen atoms in total. The van der Waals surface area contributed by atoms with Crippen molar-refractivity contribution in [1.82, 2.24) is 0 Å². The fraction of sp³-hybridized carbons (Fsp3) is 1.00. The fourth-order valence-corrected chi connectivity index (χ4v) is 7.27. The van der Waals surface area contributed by atoms with Gasteiger partial charge in [0.25, 0.3) is 0 Å². The van der Waals surface area contributed by atoms with Crippen LogP contribution >= 0.6 is 0 Å². The van der Waals surface area contributed by atoms with Crippen molar-refractivity contribution in [2.75, 3.05) is 0 Å². The Balaban J connectivity index is 2.40. The maximum absolute atomic E-state index is 10.9. The Hall–Kier alpha value is -0.0800. The molecular formula is C27H52O2. The summed E-state index contributed by atoms with van der Waals surface area (Å²) in [5, 5.41) is 21.8. The van der Waals surface area contributed by atoms with Crippen LogP contribution in [0.5, 0.6) is 0 Å². The van der Waals surface area contributed by atoms with Gasteiger partial charge in [-0.3, -0.25) is 0 Å². The molecule has 0 aromatic heterocycles. The van der Waals surface area contributed by atoms with E-state index >= 15 is 0 Å². The molecule has 2 N–H and O–H groups in total. The molecule has 29 heavy (non-hydrogen) atoms. The first-order chi connectivity index (χ1) is 12.9. The highest BCUT2D eigenvalue weighted by Crippen LogP contribution is 2.56. The van der Waals surface area contributed by atoms with Gasteiger partial charge in [-0.15, -0.1) is 0 Å². The molecule has 0 aliphatic heterocycles. The minimum Gasteiger partial charge on any atom is -0.393 e. The average molecular weight is 409 g/mol. The first kappa shape index (κ1) is 25.2. The zero-order valence-corrected chi connectivity index (χ0v) is 21.4. The van der Waals surface area contributed by atoms with E-state index in [1.54, 1.807) is 0 Å².